The van der Waals surface area contributed by atoms with E-state index in [0.29, 0.717) is 19.7 Å². The van der Waals surface area contributed by atoms with Crippen molar-refractivity contribution in [2.24, 2.45) is 0 Å². The lowest BCUT2D eigenvalue weighted by Crippen LogP contribution is -2.34. The van der Waals surface area contributed by atoms with Crippen LogP contribution in [0.2, 0.25) is 0 Å². The Balaban J connectivity index is 2.83. The van der Waals surface area contributed by atoms with Crippen LogP contribution in [-0.4, -0.2) is 57.1 Å². The van der Waals surface area contributed by atoms with Crippen molar-refractivity contribution in [2.75, 3.05) is 41.0 Å². The summed E-state index contributed by atoms with van der Waals surface area (Å²) in [4.78, 5) is 2.18. The van der Waals surface area contributed by atoms with Gasteiger partial charge in [0.15, 0.2) is 11.5 Å². The molecule has 1 N–H and O–H groups in total. The summed E-state index contributed by atoms with van der Waals surface area (Å²) in [7, 11) is 4.97. The smallest absolute Gasteiger partial charge is 0.165 e. The highest BCUT2D eigenvalue weighted by molar-refractivity contribution is 5.46. The van der Waals surface area contributed by atoms with E-state index in [4.69, 9.17) is 14.2 Å². The standard InChI is InChI=1S/C17H29NO4/c1-5-7-15(19)13-18(10-11-20-2)12-14-8-6-9-16(21-3)17(14)22-4/h6,8-9,15,19H,5,7,10-13H2,1-4H3. The molecule has 0 aliphatic heterocycles. The van der Waals surface area contributed by atoms with Crippen LogP contribution in [0.15, 0.2) is 18.2 Å². The third-order valence-electron chi connectivity index (χ3n) is 3.58. The molecular weight excluding hydrogens is 282 g/mol. The fraction of sp³-hybridized carbons (Fsp3) is 0.647. The average Bonchev–Trinajstić information content (AvgIpc) is 2.52. The number of ether oxygens (including phenoxy) is 3. The molecule has 1 unspecified atom stereocenters. The van der Waals surface area contributed by atoms with Gasteiger partial charge in [0, 0.05) is 32.3 Å². The van der Waals surface area contributed by atoms with Crippen molar-refractivity contribution in [3.8, 4) is 11.5 Å². The molecule has 0 fully saturated rings. The molecule has 0 spiro atoms. The second kappa shape index (κ2) is 10.4. The summed E-state index contributed by atoms with van der Waals surface area (Å²) in [5.74, 6) is 1.47. The lowest BCUT2D eigenvalue weighted by atomic mass is 10.1. The number of methoxy groups -OCH3 is 3. The minimum atomic E-state index is -0.321. The van der Waals surface area contributed by atoms with Crippen molar-refractivity contribution in [3.63, 3.8) is 0 Å². The molecule has 0 aliphatic rings. The van der Waals surface area contributed by atoms with E-state index in [1.807, 2.05) is 18.2 Å². The van der Waals surface area contributed by atoms with Gasteiger partial charge < -0.3 is 19.3 Å². The van der Waals surface area contributed by atoms with Gasteiger partial charge in [0.2, 0.25) is 0 Å². The van der Waals surface area contributed by atoms with Gasteiger partial charge in [-0.15, -0.1) is 0 Å². The Morgan fingerprint density at radius 1 is 1.18 bits per heavy atom. The molecule has 22 heavy (non-hydrogen) atoms. The Kier molecular flexibility index (Phi) is 8.89. The van der Waals surface area contributed by atoms with E-state index in [-0.39, 0.29) is 6.10 Å². The van der Waals surface area contributed by atoms with Gasteiger partial charge in [0.1, 0.15) is 0 Å². The van der Waals surface area contributed by atoms with Gasteiger partial charge in [-0.2, -0.15) is 0 Å². The first-order valence-corrected chi connectivity index (χ1v) is 7.75. The van der Waals surface area contributed by atoms with Crippen molar-refractivity contribution in [1.29, 1.82) is 0 Å². The number of aliphatic hydroxyl groups excluding tert-OH is 1. The SMILES string of the molecule is CCCC(O)CN(CCOC)Cc1cccc(OC)c1OC. The largest absolute Gasteiger partial charge is 0.493 e. The molecule has 126 valence electrons. The molecule has 1 rings (SSSR count). The van der Waals surface area contributed by atoms with E-state index < -0.39 is 0 Å². The fourth-order valence-electron chi connectivity index (χ4n) is 2.50. The number of aliphatic hydroxyl groups is 1. The van der Waals surface area contributed by atoms with Crippen LogP contribution in [0, 0.1) is 0 Å². The van der Waals surface area contributed by atoms with Crippen molar-refractivity contribution in [1.82, 2.24) is 4.90 Å². The molecule has 0 amide bonds. The molecule has 0 saturated carbocycles. The van der Waals surface area contributed by atoms with Crippen molar-refractivity contribution in [2.45, 2.75) is 32.4 Å². The molecular formula is C17H29NO4. The molecule has 0 heterocycles. The summed E-state index contributed by atoms with van der Waals surface area (Å²) in [5, 5.41) is 10.1. The van der Waals surface area contributed by atoms with Crippen LogP contribution in [0.5, 0.6) is 11.5 Å². The number of rotatable bonds is 11. The molecule has 5 heteroatoms. The van der Waals surface area contributed by atoms with Crippen LogP contribution in [-0.2, 0) is 11.3 Å². The topological polar surface area (TPSA) is 51.2 Å². The zero-order chi connectivity index (χ0) is 16.4. The second-order valence-corrected chi connectivity index (χ2v) is 5.32. The van der Waals surface area contributed by atoms with Crippen LogP contribution in [0.3, 0.4) is 0 Å². The van der Waals surface area contributed by atoms with Gasteiger partial charge in [-0.1, -0.05) is 25.5 Å². The average molecular weight is 311 g/mol. The number of benzene rings is 1. The van der Waals surface area contributed by atoms with Crippen LogP contribution in [0.25, 0.3) is 0 Å². The number of hydrogen-bond donors (Lipinski definition) is 1. The summed E-state index contributed by atoms with van der Waals surface area (Å²) in [5.41, 5.74) is 1.04. The lowest BCUT2D eigenvalue weighted by Gasteiger charge is -2.26. The lowest BCUT2D eigenvalue weighted by molar-refractivity contribution is 0.0795. The van der Waals surface area contributed by atoms with E-state index in [1.165, 1.54) is 0 Å². The predicted octanol–water partition coefficient (Wildman–Crippen LogP) is 2.31. The molecule has 1 aromatic rings. The zero-order valence-corrected chi connectivity index (χ0v) is 14.2. The normalized spacial score (nSPS) is 12.5. The Morgan fingerprint density at radius 2 is 1.95 bits per heavy atom. The van der Waals surface area contributed by atoms with Crippen LogP contribution < -0.4 is 9.47 Å². The summed E-state index contributed by atoms with van der Waals surface area (Å²) in [6.07, 6.45) is 1.46. The van der Waals surface area contributed by atoms with Gasteiger partial charge in [-0.05, 0) is 12.5 Å². The Morgan fingerprint density at radius 3 is 2.55 bits per heavy atom. The van der Waals surface area contributed by atoms with Crippen molar-refractivity contribution >= 4 is 0 Å². The Labute approximate surface area is 133 Å². The quantitative estimate of drug-likeness (QED) is 0.679. The molecule has 1 atom stereocenters. The second-order valence-electron chi connectivity index (χ2n) is 5.32. The first-order valence-electron chi connectivity index (χ1n) is 7.75. The molecule has 0 bridgehead atoms. The zero-order valence-electron chi connectivity index (χ0n) is 14.2. The maximum atomic E-state index is 10.1. The molecule has 0 radical (unpaired) electrons. The minimum absolute atomic E-state index is 0.321. The number of hydrogen-bond acceptors (Lipinski definition) is 5. The summed E-state index contributed by atoms with van der Waals surface area (Å²) >= 11 is 0. The van der Waals surface area contributed by atoms with E-state index in [9.17, 15) is 5.11 Å². The van der Waals surface area contributed by atoms with E-state index in [0.717, 1.165) is 36.4 Å². The molecule has 0 aromatic heterocycles. The Bertz CT molecular complexity index is 425. The summed E-state index contributed by atoms with van der Waals surface area (Å²) < 4.78 is 16.0. The van der Waals surface area contributed by atoms with Gasteiger partial charge in [0.05, 0.1) is 26.9 Å². The maximum Gasteiger partial charge on any atom is 0.165 e. The van der Waals surface area contributed by atoms with E-state index in [2.05, 4.69) is 11.8 Å². The third kappa shape index (κ3) is 5.83. The molecule has 0 saturated heterocycles. The molecule has 0 aliphatic carbocycles. The van der Waals surface area contributed by atoms with E-state index >= 15 is 0 Å². The summed E-state index contributed by atoms with van der Waals surface area (Å²) in [6.45, 7) is 4.78. The van der Waals surface area contributed by atoms with Crippen LogP contribution in [0.4, 0.5) is 0 Å². The monoisotopic (exact) mass is 311 g/mol. The van der Waals surface area contributed by atoms with Crippen molar-refractivity contribution < 1.29 is 19.3 Å². The maximum absolute atomic E-state index is 10.1. The van der Waals surface area contributed by atoms with Crippen molar-refractivity contribution in [3.05, 3.63) is 23.8 Å². The molecule has 1 aromatic carbocycles. The fourth-order valence-corrected chi connectivity index (χ4v) is 2.50. The van der Waals surface area contributed by atoms with Gasteiger partial charge >= 0.3 is 0 Å². The highest BCUT2D eigenvalue weighted by Gasteiger charge is 2.16. The Hall–Kier alpha value is -1.30. The van der Waals surface area contributed by atoms with Gasteiger partial charge in [-0.3, -0.25) is 4.90 Å². The highest BCUT2D eigenvalue weighted by atomic mass is 16.5. The van der Waals surface area contributed by atoms with E-state index in [1.54, 1.807) is 21.3 Å². The first kappa shape index (κ1) is 18.7. The van der Waals surface area contributed by atoms with Gasteiger partial charge in [-0.25, -0.2) is 0 Å². The number of nitrogens with zero attached hydrogens (tertiary/aromatic N) is 1. The summed E-state index contributed by atoms with van der Waals surface area (Å²) in [6, 6.07) is 5.86. The minimum Gasteiger partial charge on any atom is -0.493 e. The first-order chi connectivity index (χ1) is 10.7. The third-order valence-corrected chi connectivity index (χ3v) is 3.58. The van der Waals surface area contributed by atoms with Crippen LogP contribution in [0.1, 0.15) is 25.3 Å². The predicted molar refractivity (Wildman–Crippen MR) is 87.6 cm³/mol. The number of para-hydroxylation sites is 1. The highest BCUT2D eigenvalue weighted by Crippen LogP contribution is 2.31. The van der Waals surface area contributed by atoms with Gasteiger partial charge in [0.25, 0.3) is 0 Å². The molecule has 5 nitrogen and oxygen atoms in total. The van der Waals surface area contributed by atoms with Crippen LogP contribution >= 0.6 is 0 Å².